The number of amides is 5. The van der Waals surface area contributed by atoms with E-state index in [1.54, 1.807) is 6.20 Å². The number of aromatic nitrogens is 1. The third-order valence-corrected chi connectivity index (χ3v) is 11.2. The van der Waals surface area contributed by atoms with Gasteiger partial charge in [0, 0.05) is 48.3 Å². The molecule has 2 heterocycles. The maximum Gasteiger partial charge on any atom is 0.407 e. The summed E-state index contributed by atoms with van der Waals surface area (Å²) in [6.07, 6.45) is 2.19. The predicted molar refractivity (Wildman–Crippen MR) is 237 cm³/mol. The van der Waals surface area contributed by atoms with Gasteiger partial charge in [-0.3, -0.25) is 29.0 Å². The summed E-state index contributed by atoms with van der Waals surface area (Å²) < 4.78 is 5.74. The maximum absolute atomic E-state index is 14.2. The number of hydrogen-bond acceptors (Lipinski definition) is 8. The molecule has 4 aromatic rings. The van der Waals surface area contributed by atoms with E-state index >= 15 is 0 Å². The second-order valence-electron chi connectivity index (χ2n) is 15.4. The number of H-pyrrole nitrogens is 1. The summed E-state index contributed by atoms with van der Waals surface area (Å²) in [6.45, 7) is 5.71. The lowest BCUT2D eigenvalue weighted by Crippen LogP contribution is -2.55. The van der Waals surface area contributed by atoms with Crippen molar-refractivity contribution >= 4 is 52.4 Å². The van der Waals surface area contributed by atoms with Crippen LogP contribution in [0.2, 0.25) is 0 Å². The van der Waals surface area contributed by atoms with Gasteiger partial charge in [0.2, 0.25) is 23.6 Å². The number of alkyl carbamates (subject to hydrolysis) is 1. The Kier molecular flexibility index (Phi) is 16.6. The number of carbonyl (C=O) groups is 6. The van der Waals surface area contributed by atoms with Gasteiger partial charge in [0.1, 0.15) is 24.7 Å². The minimum Gasteiger partial charge on any atom is -0.449 e. The molecule has 2 aliphatic rings. The summed E-state index contributed by atoms with van der Waals surface area (Å²) in [5, 5.41) is 11.8. The molecule has 330 valence electrons. The third kappa shape index (κ3) is 12.0. The highest BCUT2D eigenvalue weighted by molar-refractivity contribution is 5.97. The molecule has 1 fully saturated rings. The highest BCUT2D eigenvalue weighted by Gasteiger charge is 2.34. The van der Waals surface area contributed by atoms with Crippen LogP contribution in [0, 0.1) is 5.92 Å². The van der Waals surface area contributed by atoms with Crippen LogP contribution in [-0.2, 0) is 35.1 Å². The van der Waals surface area contributed by atoms with Gasteiger partial charge in [-0.25, -0.2) is 4.79 Å². The van der Waals surface area contributed by atoms with Crippen LogP contribution in [0.4, 0.5) is 4.79 Å². The standard InChI is InChI=1S/C44H53N9O7.C2H6/c1-25-40(56)52-37(21-27-23-49-34-17-7-6-12-28(27)34)38(54)22-26(11-10-20-48-43(46)47)41(57)51-35(39(45)55)18-8-9-19-36(42(58)50-25)53-44(59)60-24-33-31-15-4-2-13-29(31)30-14-3-5-16-32(30)33;1-2/h2-7,12-17,23,25-26,33,35-37,49H,8-11,18-22,24H2,1H3,(H2,45,55)(H,50,58)(H,51,57)(H,52,56)(H,53,59)(H4,46,47,48);1-2H3/t25-,26+,35-,36-,37-;/m0./s1. The molecule has 0 unspecified atom stereocenters. The number of carbonyl (C=O) groups excluding carboxylic acids is 6. The van der Waals surface area contributed by atoms with Crippen molar-refractivity contribution in [1.82, 2.24) is 26.3 Å². The highest BCUT2D eigenvalue weighted by Crippen LogP contribution is 2.44. The van der Waals surface area contributed by atoms with E-state index in [1.807, 2.05) is 86.6 Å². The molecule has 11 N–H and O–H groups in total. The first-order valence-electron chi connectivity index (χ1n) is 21.3. The summed E-state index contributed by atoms with van der Waals surface area (Å²) in [4.78, 5) is 88.8. The molecule has 5 atom stereocenters. The number of benzene rings is 3. The minimum atomic E-state index is -1.13. The smallest absolute Gasteiger partial charge is 0.407 e. The van der Waals surface area contributed by atoms with Crippen LogP contribution in [0.1, 0.15) is 88.3 Å². The van der Waals surface area contributed by atoms with Gasteiger partial charge in [0.25, 0.3) is 0 Å². The molecule has 5 amide bonds. The average Bonchev–Trinajstić information content (AvgIpc) is 3.82. The largest absolute Gasteiger partial charge is 0.449 e. The average molecular weight is 850 g/mol. The number of fused-ring (bicyclic) bond motifs is 4. The van der Waals surface area contributed by atoms with E-state index in [2.05, 4.69) is 31.2 Å². The van der Waals surface area contributed by atoms with Crippen LogP contribution < -0.4 is 38.5 Å². The van der Waals surface area contributed by atoms with Gasteiger partial charge >= 0.3 is 6.09 Å². The first-order valence-corrected chi connectivity index (χ1v) is 21.3. The number of aromatic amines is 1. The van der Waals surface area contributed by atoms with Gasteiger partial charge < -0.3 is 48.2 Å². The van der Waals surface area contributed by atoms with Crippen LogP contribution in [-0.4, -0.2) is 83.8 Å². The maximum atomic E-state index is 14.2. The van der Waals surface area contributed by atoms with Crippen molar-refractivity contribution in [2.75, 3.05) is 13.2 Å². The molecule has 1 saturated heterocycles. The van der Waals surface area contributed by atoms with Crippen molar-refractivity contribution in [2.45, 2.75) is 102 Å². The zero-order valence-electron chi connectivity index (χ0n) is 35.6. The zero-order valence-corrected chi connectivity index (χ0v) is 35.6. The van der Waals surface area contributed by atoms with Crippen molar-refractivity contribution in [1.29, 1.82) is 0 Å². The van der Waals surface area contributed by atoms with Crippen molar-refractivity contribution < 1.29 is 33.5 Å². The number of ketones is 1. The molecule has 0 bridgehead atoms. The number of ether oxygens (including phenoxy) is 1. The Balaban J connectivity index is 0.00000358. The van der Waals surface area contributed by atoms with Gasteiger partial charge in [-0.05, 0) is 66.5 Å². The number of rotatable bonds is 10. The summed E-state index contributed by atoms with van der Waals surface area (Å²) >= 11 is 0. The van der Waals surface area contributed by atoms with E-state index in [0.717, 1.165) is 38.7 Å². The normalized spacial score (nSPS) is 21.1. The van der Waals surface area contributed by atoms with Crippen LogP contribution >= 0.6 is 0 Å². The fourth-order valence-corrected chi connectivity index (χ4v) is 8.02. The molecule has 0 radical (unpaired) electrons. The molecule has 3 aromatic carbocycles. The van der Waals surface area contributed by atoms with E-state index in [9.17, 15) is 28.8 Å². The van der Waals surface area contributed by atoms with Gasteiger partial charge in [-0.1, -0.05) is 93.4 Å². The van der Waals surface area contributed by atoms with Crippen molar-refractivity contribution in [3.05, 3.63) is 95.7 Å². The monoisotopic (exact) mass is 849 g/mol. The van der Waals surface area contributed by atoms with Crippen molar-refractivity contribution in [3.8, 4) is 11.1 Å². The number of nitrogens with one attached hydrogen (secondary N) is 5. The first-order chi connectivity index (χ1) is 29.9. The lowest BCUT2D eigenvalue weighted by molar-refractivity contribution is -0.134. The molecule has 16 heteroatoms. The molecule has 0 spiro atoms. The van der Waals surface area contributed by atoms with Gasteiger partial charge in [0.15, 0.2) is 11.7 Å². The van der Waals surface area contributed by atoms with Gasteiger partial charge in [-0.2, -0.15) is 0 Å². The zero-order chi connectivity index (χ0) is 44.8. The number of primary amides is 1. The highest BCUT2D eigenvalue weighted by atomic mass is 16.5. The molecule has 0 saturated carbocycles. The second kappa shape index (κ2) is 22.2. The van der Waals surface area contributed by atoms with Crippen LogP contribution in [0.15, 0.2) is 84.0 Å². The summed E-state index contributed by atoms with van der Waals surface area (Å²) in [5.41, 5.74) is 22.5. The van der Waals surface area contributed by atoms with E-state index in [0.29, 0.717) is 19.3 Å². The Morgan fingerprint density at radius 2 is 1.45 bits per heavy atom. The lowest BCUT2D eigenvalue weighted by Gasteiger charge is -2.24. The number of Topliss-reactive ketones (excluding diaryl/α,β-unsaturated/α-hetero) is 1. The van der Waals surface area contributed by atoms with E-state index < -0.39 is 65.6 Å². The van der Waals surface area contributed by atoms with Crippen LogP contribution in [0.3, 0.4) is 0 Å². The Morgan fingerprint density at radius 1 is 0.806 bits per heavy atom. The Morgan fingerprint density at radius 3 is 2.13 bits per heavy atom. The molecule has 1 aliphatic carbocycles. The summed E-state index contributed by atoms with van der Waals surface area (Å²) in [6, 6.07) is 18.9. The van der Waals surface area contributed by atoms with Gasteiger partial charge in [-0.15, -0.1) is 0 Å². The molecule has 16 nitrogen and oxygen atoms in total. The Bertz CT molecular complexity index is 2210. The molecular formula is C46H59N9O7. The topological polar surface area (TPSA) is 266 Å². The predicted octanol–water partition coefficient (Wildman–Crippen LogP) is 3.81. The minimum absolute atomic E-state index is 0.0220. The fourth-order valence-electron chi connectivity index (χ4n) is 8.02. The summed E-state index contributed by atoms with van der Waals surface area (Å²) in [7, 11) is 0. The fraction of sp³-hybridized carbons (Fsp3) is 0.413. The molecule has 1 aromatic heterocycles. The van der Waals surface area contributed by atoms with Crippen LogP contribution in [0.25, 0.3) is 22.0 Å². The number of para-hydroxylation sites is 1. The quantitative estimate of drug-likeness (QED) is 0.0654. The first kappa shape index (κ1) is 46.4. The third-order valence-electron chi connectivity index (χ3n) is 11.2. The number of hydrogen-bond donors (Lipinski definition) is 8. The molecule has 6 rings (SSSR count). The Labute approximate surface area is 361 Å². The molecular weight excluding hydrogens is 791 g/mol. The molecule has 1 aliphatic heterocycles. The molecule has 62 heavy (non-hydrogen) atoms. The van der Waals surface area contributed by atoms with Gasteiger partial charge in [0.05, 0.1) is 6.04 Å². The number of nitrogens with zero attached hydrogens (tertiary/aromatic N) is 1. The second-order valence-corrected chi connectivity index (χ2v) is 15.4. The summed E-state index contributed by atoms with van der Waals surface area (Å²) in [5.74, 6) is -4.28. The van der Waals surface area contributed by atoms with Crippen LogP contribution in [0.5, 0.6) is 0 Å². The van der Waals surface area contributed by atoms with E-state index in [-0.39, 0.29) is 57.1 Å². The van der Waals surface area contributed by atoms with E-state index in [1.165, 1.54) is 6.92 Å². The number of nitrogens with two attached hydrogens (primary N) is 3. The lowest BCUT2D eigenvalue weighted by atomic mass is 9.90. The van der Waals surface area contributed by atoms with Crippen molar-refractivity contribution in [3.63, 3.8) is 0 Å². The van der Waals surface area contributed by atoms with Crippen molar-refractivity contribution in [2.24, 2.45) is 28.1 Å². The SMILES string of the molecule is CC.C[C@@H]1NC(=O)[C@@H](NC(=O)OCC2c3ccccc3-c3ccccc32)CCCC[C@@H](C(N)=O)NC(=O)[C@H](CCCN=C(N)N)CC(=O)[C@H](Cc2c[nH]c3ccccc23)NC1=O. The number of guanidine groups is 1. The van der Waals surface area contributed by atoms with E-state index in [4.69, 9.17) is 21.9 Å². The number of aliphatic imine (C=N–C) groups is 1. The Hall–Kier alpha value is -6.71.